The predicted molar refractivity (Wildman–Crippen MR) is 96.2 cm³/mol. The summed E-state index contributed by atoms with van der Waals surface area (Å²) in [5.74, 6) is 0.712. The zero-order valence-corrected chi connectivity index (χ0v) is 13.4. The first kappa shape index (κ1) is 15.9. The van der Waals surface area contributed by atoms with Crippen LogP contribution in [-0.2, 0) is 0 Å². The average Bonchev–Trinajstić information content (AvgIpc) is 2.62. The molecule has 1 aliphatic rings. The molecule has 1 aliphatic heterocycles. The first-order valence-corrected chi connectivity index (χ1v) is 7.86. The summed E-state index contributed by atoms with van der Waals surface area (Å²) in [4.78, 5) is 14.7. The first-order valence-electron chi connectivity index (χ1n) is 7.86. The molecule has 0 fully saturated rings. The third-order valence-corrected chi connectivity index (χ3v) is 3.92. The molecule has 1 heterocycles. The Balaban J connectivity index is 2.04. The van der Waals surface area contributed by atoms with E-state index < -0.39 is 0 Å². The number of nitrogens with one attached hydrogen (secondary N) is 1. The minimum absolute atomic E-state index is 0.0206. The van der Waals surface area contributed by atoms with E-state index in [1.807, 2.05) is 48.5 Å². The second-order valence-corrected chi connectivity index (χ2v) is 5.48. The summed E-state index contributed by atoms with van der Waals surface area (Å²) in [6, 6.07) is 15.2. The molecule has 1 atom stereocenters. The number of benzene rings is 2. The molecule has 0 bridgehead atoms. The van der Waals surface area contributed by atoms with E-state index in [1.54, 1.807) is 17.1 Å². The third-order valence-electron chi connectivity index (χ3n) is 3.92. The van der Waals surface area contributed by atoms with E-state index >= 15 is 0 Å². The molecule has 2 aromatic carbocycles. The van der Waals surface area contributed by atoms with E-state index in [2.05, 4.69) is 18.5 Å². The fourth-order valence-electron chi connectivity index (χ4n) is 2.85. The highest BCUT2D eigenvalue weighted by Crippen LogP contribution is 2.36. The van der Waals surface area contributed by atoms with Crippen molar-refractivity contribution in [3.05, 3.63) is 85.0 Å². The molecule has 122 valence electrons. The van der Waals surface area contributed by atoms with Gasteiger partial charge in [0.1, 0.15) is 18.5 Å². The van der Waals surface area contributed by atoms with Crippen molar-refractivity contribution in [3.8, 4) is 5.75 Å². The zero-order valence-electron chi connectivity index (χ0n) is 13.4. The summed E-state index contributed by atoms with van der Waals surface area (Å²) in [6.45, 7) is 8.32. The van der Waals surface area contributed by atoms with Crippen molar-refractivity contribution in [2.45, 2.75) is 6.17 Å². The fraction of sp³-hybridized carbons (Fsp3) is 0.150. The SMILES string of the molecule is C=CCOc1ccccc1C1Nc2ccccc2C(=O)N1CC=C. The molecule has 0 aromatic heterocycles. The average molecular weight is 320 g/mol. The maximum Gasteiger partial charge on any atom is 0.258 e. The van der Waals surface area contributed by atoms with Crippen LogP contribution >= 0.6 is 0 Å². The summed E-state index contributed by atoms with van der Waals surface area (Å²) < 4.78 is 5.77. The highest BCUT2D eigenvalue weighted by molar-refractivity contribution is 6.01. The van der Waals surface area contributed by atoms with Crippen LogP contribution in [0.4, 0.5) is 5.69 Å². The minimum atomic E-state index is -0.314. The van der Waals surface area contributed by atoms with Gasteiger partial charge >= 0.3 is 0 Å². The maximum atomic E-state index is 12.9. The molecule has 1 amide bonds. The summed E-state index contributed by atoms with van der Waals surface area (Å²) in [7, 11) is 0. The van der Waals surface area contributed by atoms with Crippen LogP contribution in [0.1, 0.15) is 22.1 Å². The van der Waals surface area contributed by atoms with E-state index in [-0.39, 0.29) is 12.1 Å². The fourth-order valence-corrected chi connectivity index (χ4v) is 2.85. The van der Waals surface area contributed by atoms with E-state index in [4.69, 9.17) is 4.74 Å². The Kier molecular flexibility index (Phi) is 4.66. The molecule has 0 saturated heterocycles. The number of ether oxygens (including phenoxy) is 1. The molecule has 0 spiro atoms. The predicted octanol–water partition coefficient (Wildman–Crippen LogP) is 4.00. The van der Waals surface area contributed by atoms with Gasteiger partial charge in [-0.15, -0.1) is 6.58 Å². The van der Waals surface area contributed by atoms with Crippen LogP contribution in [0.3, 0.4) is 0 Å². The van der Waals surface area contributed by atoms with Crippen molar-refractivity contribution in [2.24, 2.45) is 0 Å². The number of nitrogens with zero attached hydrogens (tertiary/aromatic N) is 1. The van der Waals surface area contributed by atoms with E-state index in [1.165, 1.54) is 0 Å². The van der Waals surface area contributed by atoms with Crippen LogP contribution in [-0.4, -0.2) is 24.0 Å². The van der Waals surface area contributed by atoms with Gasteiger partial charge in [0.25, 0.3) is 5.91 Å². The molecule has 24 heavy (non-hydrogen) atoms. The lowest BCUT2D eigenvalue weighted by atomic mass is 10.0. The van der Waals surface area contributed by atoms with Crippen molar-refractivity contribution in [1.82, 2.24) is 4.90 Å². The second-order valence-electron chi connectivity index (χ2n) is 5.48. The highest BCUT2D eigenvalue weighted by atomic mass is 16.5. The zero-order chi connectivity index (χ0) is 16.9. The van der Waals surface area contributed by atoms with Crippen LogP contribution in [0, 0.1) is 0 Å². The van der Waals surface area contributed by atoms with Gasteiger partial charge in [-0.2, -0.15) is 0 Å². The second kappa shape index (κ2) is 7.04. The molecular formula is C20H20N2O2. The van der Waals surface area contributed by atoms with Crippen molar-refractivity contribution in [3.63, 3.8) is 0 Å². The maximum absolute atomic E-state index is 12.9. The van der Waals surface area contributed by atoms with Gasteiger partial charge in [-0.05, 0) is 18.2 Å². The van der Waals surface area contributed by atoms with Gasteiger partial charge in [-0.1, -0.05) is 49.1 Å². The molecular weight excluding hydrogens is 300 g/mol. The molecule has 4 nitrogen and oxygen atoms in total. The van der Waals surface area contributed by atoms with Gasteiger partial charge in [-0.3, -0.25) is 4.79 Å². The van der Waals surface area contributed by atoms with Gasteiger partial charge in [0.2, 0.25) is 0 Å². The molecule has 1 N–H and O–H groups in total. The number of para-hydroxylation sites is 2. The van der Waals surface area contributed by atoms with E-state index in [0.717, 1.165) is 17.0 Å². The Morgan fingerprint density at radius 1 is 1.08 bits per heavy atom. The van der Waals surface area contributed by atoms with Crippen LogP contribution in [0.2, 0.25) is 0 Å². The molecule has 0 saturated carbocycles. The number of hydrogen-bond donors (Lipinski definition) is 1. The molecule has 0 radical (unpaired) electrons. The van der Waals surface area contributed by atoms with Crippen molar-refractivity contribution < 1.29 is 9.53 Å². The molecule has 2 aromatic rings. The Hall–Kier alpha value is -3.01. The summed E-state index contributed by atoms with van der Waals surface area (Å²) in [5.41, 5.74) is 2.40. The summed E-state index contributed by atoms with van der Waals surface area (Å²) in [6.07, 6.45) is 3.12. The monoisotopic (exact) mass is 320 g/mol. The first-order chi connectivity index (χ1) is 11.8. The van der Waals surface area contributed by atoms with Gasteiger partial charge in [0.15, 0.2) is 0 Å². The number of fused-ring (bicyclic) bond motifs is 1. The van der Waals surface area contributed by atoms with E-state index in [0.29, 0.717) is 18.7 Å². The summed E-state index contributed by atoms with van der Waals surface area (Å²) in [5, 5.41) is 3.45. The van der Waals surface area contributed by atoms with Gasteiger partial charge in [0.05, 0.1) is 5.56 Å². The standard InChI is InChI=1S/C20H20N2O2/c1-3-13-22-19(16-10-6-8-12-18(16)24-14-4-2)21-17-11-7-5-9-15(17)20(22)23/h3-12,19,21H,1-2,13-14H2. The Labute approximate surface area is 142 Å². The van der Waals surface area contributed by atoms with Crippen LogP contribution in [0.25, 0.3) is 0 Å². The quantitative estimate of drug-likeness (QED) is 0.818. The topological polar surface area (TPSA) is 41.6 Å². The van der Waals surface area contributed by atoms with E-state index in [9.17, 15) is 4.79 Å². The Morgan fingerprint density at radius 3 is 2.62 bits per heavy atom. The lowest BCUT2D eigenvalue weighted by molar-refractivity contribution is 0.0705. The number of carbonyl (C=O) groups excluding carboxylic acids is 1. The van der Waals surface area contributed by atoms with Gasteiger partial charge in [-0.25, -0.2) is 0 Å². The number of amides is 1. The number of anilines is 1. The molecule has 4 heteroatoms. The Morgan fingerprint density at radius 2 is 1.83 bits per heavy atom. The van der Waals surface area contributed by atoms with Crippen molar-refractivity contribution >= 4 is 11.6 Å². The van der Waals surface area contributed by atoms with Crippen molar-refractivity contribution in [2.75, 3.05) is 18.5 Å². The summed E-state index contributed by atoms with van der Waals surface area (Å²) >= 11 is 0. The molecule has 0 aliphatic carbocycles. The van der Waals surface area contributed by atoms with Crippen molar-refractivity contribution in [1.29, 1.82) is 0 Å². The third kappa shape index (κ3) is 2.91. The lowest BCUT2D eigenvalue weighted by Gasteiger charge is -2.38. The number of rotatable bonds is 6. The molecule has 1 unspecified atom stereocenters. The number of carbonyl (C=O) groups is 1. The minimum Gasteiger partial charge on any atom is -0.489 e. The van der Waals surface area contributed by atoms with Crippen LogP contribution in [0.5, 0.6) is 5.75 Å². The highest BCUT2D eigenvalue weighted by Gasteiger charge is 2.33. The van der Waals surface area contributed by atoms with Crippen LogP contribution in [0.15, 0.2) is 73.8 Å². The number of hydrogen-bond acceptors (Lipinski definition) is 3. The van der Waals surface area contributed by atoms with Gasteiger partial charge < -0.3 is 15.0 Å². The van der Waals surface area contributed by atoms with Crippen LogP contribution < -0.4 is 10.1 Å². The molecule has 3 rings (SSSR count). The normalized spacial score (nSPS) is 16.1. The smallest absolute Gasteiger partial charge is 0.258 e. The van der Waals surface area contributed by atoms with Gasteiger partial charge in [0, 0.05) is 17.8 Å². The Bertz CT molecular complexity index is 770. The largest absolute Gasteiger partial charge is 0.489 e. The lowest BCUT2D eigenvalue weighted by Crippen LogP contribution is -2.43.